The van der Waals surface area contributed by atoms with Gasteiger partial charge < -0.3 is 5.73 Å². The monoisotopic (exact) mass is 289 g/mol. The summed E-state index contributed by atoms with van der Waals surface area (Å²) < 4.78 is 2.75. The molecule has 2 heterocycles. The van der Waals surface area contributed by atoms with Crippen molar-refractivity contribution < 1.29 is 0 Å². The molecule has 0 aliphatic rings. The predicted molar refractivity (Wildman–Crippen MR) is 77.4 cm³/mol. The molecule has 0 saturated carbocycles. The van der Waals surface area contributed by atoms with Crippen molar-refractivity contribution in [2.45, 2.75) is 10.1 Å². The molecule has 0 fully saturated rings. The van der Waals surface area contributed by atoms with Crippen molar-refractivity contribution in [1.29, 1.82) is 0 Å². The van der Waals surface area contributed by atoms with E-state index >= 15 is 0 Å². The summed E-state index contributed by atoms with van der Waals surface area (Å²) in [6, 6.07) is 10.0. The zero-order valence-electron chi connectivity index (χ0n) is 9.93. The molecule has 19 heavy (non-hydrogen) atoms. The number of hydrogen-bond donors (Lipinski definition) is 1. The van der Waals surface area contributed by atoms with Crippen LogP contribution in [0.25, 0.3) is 5.69 Å². The lowest BCUT2D eigenvalue weighted by Gasteiger charge is -1.98. The standard InChI is InChI=1S/C12H11N5S2/c13-11-15-16-12(19-11)18-8-9-6-14-17(7-9)10-4-2-1-3-5-10/h1-7H,8H2,(H2,13,15). The number of para-hydroxylation sites is 1. The Labute approximate surface area is 118 Å². The number of nitrogen functional groups attached to an aromatic ring is 1. The number of nitrogens with two attached hydrogens (primary N) is 1. The summed E-state index contributed by atoms with van der Waals surface area (Å²) in [5.74, 6) is 0.807. The van der Waals surface area contributed by atoms with Crippen LogP contribution in [0.1, 0.15) is 5.56 Å². The zero-order valence-corrected chi connectivity index (χ0v) is 11.6. The van der Waals surface area contributed by atoms with Gasteiger partial charge in [0.05, 0.1) is 11.9 Å². The van der Waals surface area contributed by atoms with Crippen molar-refractivity contribution in [3.63, 3.8) is 0 Å². The summed E-state index contributed by atoms with van der Waals surface area (Å²) in [7, 11) is 0. The average molecular weight is 289 g/mol. The normalized spacial score (nSPS) is 10.7. The van der Waals surface area contributed by atoms with Gasteiger partial charge in [0.1, 0.15) is 0 Å². The predicted octanol–water partition coefficient (Wildman–Crippen LogP) is 2.60. The second-order valence-electron chi connectivity index (χ2n) is 3.82. The highest BCUT2D eigenvalue weighted by Crippen LogP contribution is 2.26. The molecule has 0 radical (unpaired) electrons. The molecule has 0 aliphatic carbocycles. The molecule has 7 heteroatoms. The molecule has 0 atom stereocenters. The van der Waals surface area contributed by atoms with Crippen molar-refractivity contribution in [3.8, 4) is 5.69 Å². The Hall–Kier alpha value is -1.86. The second kappa shape index (κ2) is 5.41. The van der Waals surface area contributed by atoms with E-state index in [0.717, 1.165) is 21.3 Å². The minimum absolute atomic E-state index is 0.502. The number of thioether (sulfide) groups is 1. The van der Waals surface area contributed by atoms with Crippen LogP contribution in [0.2, 0.25) is 0 Å². The smallest absolute Gasteiger partial charge is 0.203 e. The van der Waals surface area contributed by atoms with Gasteiger partial charge in [0.25, 0.3) is 0 Å². The van der Waals surface area contributed by atoms with Crippen molar-refractivity contribution in [2.75, 3.05) is 5.73 Å². The lowest BCUT2D eigenvalue weighted by Crippen LogP contribution is -1.92. The number of rotatable bonds is 4. The van der Waals surface area contributed by atoms with Gasteiger partial charge in [-0.15, -0.1) is 10.2 Å². The molecule has 0 aliphatic heterocycles. The number of aromatic nitrogens is 4. The van der Waals surface area contributed by atoms with E-state index in [0.29, 0.717) is 5.13 Å². The molecular formula is C12H11N5S2. The maximum Gasteiger partial charge on any atom is 0.203 e. The highest BCUT2D eigenvalue weighted by molar-refractivity contribution is 8.00. The van der Waals surface area contributed by atoms with Crippen LogP contribution >= 0.6 is 23.1 Å². The summed E-state index contributed by atoms with van der Waals surface area (Å²) in [4.78, 5) is 0. The molecule has 0 amide bonds. The Kier molecular flexibility index (Phi) is 3.47. The number of benzene rings is 1. The van der Waals surface area contributed by atoms with Crippen LogP contribution in [0.5, 0.6) is 0 Å². The largest absolute Gasteiger partial charge is 0.374 e. The molecule has 5 nitrogen and oxygen atoms in total. The first-order chi connectivity index (χ1) is 9.31. The van der Waals surface area contributed by atoms with Crippen molar-refractivity contribution in [1.82, 2.24) is 20.0 Å². The van der Waals surface area contributed by atoms with Gasteiger partial charge in [0.15, 0.2) is 4.34 Å². The van der Waals surface area contributed by atoms with Gasteiger partial charge in [-0.05, 0) is 12.1 Å². The molecule has 0 bridgehead atoms. The van der Waals surface area contributed by atoms with Gasteiger partial charge in [0, 0.05) is 17.5 Å². The van der Waals surface area contributed by atoms with E-state index in [2.05, 4.69) is 15.3 Å². The molecule has 1 aromatic carbocycles. The lowest BCUT2D eigenvalue weighted by molar-refractivity contribution is 0.880. The molecule has 96 valence electrons. The quantitative estimate of drug-likeness (QED) is 0.748. The first kappa shape index (κ1) is 12.2. The fraction of sp³-hybridized carbons (Fsp3) is 0.0833. The summed E-state index contributed by atoms with van der Waals surface area (Å²) >= 11 is 3.02. The Balaban J connectivity index is 1.68. The van der Waals surface area contributed by atoms with E-state index in [1.165, 1.54) is 11.3 Å². The van der Waals surface area contributed by atoms with E-state index in [9.17, 15) is 0 Å². The van der Waals surface area contributed by atoms with Gasteiger partial charge in [-0.2, -0.15) is 5.10 Å². The molecule has 2 N–H and O–H groups in total. The fourth-order valence-corrected chi connectivity index (χ4v) is 3.13. The van der Waals surface area contributed by atoms with E-state index in [1.807, 2.05) is 47.4 Å². The average Bonchev–Trinajstić information content (AvgIpc) is 3.06. The first-order valence-corrected chi connectivity index (χ1v) is 7.42. The van der Waals surface area contributed by atoms with E-state index in [4.69, 9.17) is 5.73 Å². The van der Waals surface area contributed by atoms with Crippen LogP contribution in [0.3, 0.4) is 0 Å². The van der Waals surface area contributed by atoms with E-state index in [1.54, 1.807) is 11.8 Å². The fourth-order valence-electron chi connectivity index (χ4n) is 1.58. The summed E-state index contributed by atoms with van der Waals surface area (Å²) in [6.45, 7) is 0. The van der Waals surface area contributed by atoms with Crippen molar-refractivity contribution in [3.05, 3.63) is 48.3 Å². The summed E-state index contributed by atoms with van der Waals surface area (Å²) in [5.41, 5.74) is 7.74. The molecule has 3 aromatic rings. The van der Waals surface area contributed by atoms with Gasteiger partial charge in [-0.3, -0.25) is 0 Å². The minimum Gasteiger partial charge on any atom is -0.374 e. The van der Waals surface area contributed by atoms with Gasteiger partial charge in [0.2, 0.25) is 5.13 Å². The second-order valence-corrected chi connectivity index (χ2v) is 6.06. The van der Waals surface area contributed by atoms with Crippen LogP contribution in [-0.2, 0) is 5.75 Å². The van der Waals surface area contributed by atoms with Gasteiger partial charge in [-0.1, -0.05) is 41.3 Å². The maximum atomic E-state index is 5.54. The third kappa shape index (κ3) is 2.94. The molecule has 2 aromatic heterocycles. The zero-order chi connectivity index (χ0) is 13.1. The minimum atomic E-state index is 0.502. The van der Waals surface area contributed by atoms with Crippen molar-refractivity contribution >= 4 is 28.2 Å². The topological polar surface area (TPSA) is 69.6 Å². The highest BCUT2D eigenvalue weighted by Gasteiger charge is 2.05. The van der Waals surface area contributed by atoms with Crippen LogP contribution in [0.15, 0.2) is 47.1 Å². The van der Waals surface area contributed by atoms with Crippen LogP contribution in [0.4, 0.5) is 5.13 Å². The SMILES string of the molecule is Nc1nnc(SCc2cnn(-c3ccccc3)c2)s1. The Morgan fingerprint density at radius 1 is 1.21 bits per heavy atom. The Morgan fingerprint density at radius 3 is 2.79 bits per heavy atom. The van der Waals surface area contributed by atoms with Gasteiger partial charge >= 0.3 is 0 Å². The number of hydrogen-bond acceptors (Lipinski definition) is 6. The van der Waals surface area contributed by atoms with E-state index in [-0.39, 0.29) is 0 Å². The van der Waals surface area contributed by atoms with E-state index < -0.39 is 0 Å². The van der Waals surface area contributed by atoms with Crippen LogP contribution < -0.4 is 5.73 Å². The summed E-state index contributed by atoms with van der Waals surface area (Å²) in [5, 5.41) is 12.6. The Morgan fingerprint density at radius 2 is 2.05 bits per heavy atom. The maximum absolute atomic E-state index is 5.54. The summed E-state index contributed by atoms with van der Waals surface area (Å²) in [6.07, 6.45) is 3.89. The van der Waals surface area contributed by atoms with Gasteiger partial charge in [-0.25, -0.2) is 4.68 Å². The molecule has 3 rings (SSSR count). The Bertz CT molecular complexity index is 662. The third-order valence-electron chi connectivity index (χ3n) is 2.44. The number of anilines is 1. The van der Waals surface area contributed by atoms with Crippen LogP contribution in [0, 0.1) is 0 Å². The molecule has 0 unspecified atom stereocenters. The third-order valence-corrected chi connectivity index (χ3v) is 4.40. The van der Waals surface area contributed by atoms with Crippen molar-refractivity contribution in [2.24, 2.45) is 0 Å². The molecule has 0 spiro atoms. The molecular weight excluding hydrogens is 278 g/mol. The number of nitrogens with zero attached hydrogens (tertiary/aromatic N) is 4. The first-order valence-electron chi connectivity index (χ1n) is 5.62. The highest BCUT2D eigenvalue weighted by atomic mass is 32.2. The lowest BCUT2D eigenvalue weighted by atomic mass is 10.3. The van der Waals surface area contributed by atoms with Crippen LogP contribution in [-0.4, -0.2) is 20.0 Å². The molecule has 0 saturated heterocycles.